The van der Waals surface area contributed by atoms with Crippen LogP contribution in [0.15, 0.2) is 28.6 Å². The summed E-state index contributed by atoms with van der Waals surface area (Å²) in [6.07, 6.45) is 8.93. The zero-order valence-corrected chi connectivity index (χ0v) is 12.1. The van der Waals surface area contributed by atoms with Crippen molar-refractivity contribution in [2.24, 2.45) is 16.0 Å². The summed E-state index contributed by atoms with van der Waals surface area (Å²) < 4.78 is 0. The van der Waals surface area contributed by atoms with Gasteiger partial charge in [-0.2, -0.15) is 10.2 Å². The number of terminal acetylenes is 1. The van der Waals surface area contributed by atoms with E-state index in [-0.39, 0.29) is 11.6 Å². The number of carbonyl (C=O) groups is 2. The molecule has 0 aromatic carbocycles. The quantitative estimate of drug-likeness (QED) is 0.702. The summed E-state index contributed by atoms with van der Waals surface area (Å²) in [6.45, 7) is 0.344. The summed E-state index contributed by atoms with van der Waals surface area (Å²) in [6, 6.07) is 3.23. The standard InChI is InChI=1S/C15H17N5O2/c1-2-3-7-15(19-20-15)8-6-13(21)18-10-11-4-5-12(14(16)22)17-9-11/h1,4-5,9H,3,6-8,10H2,(H2,16,22)(H,18,21). The number of primary amides is 1. The van der Waals surface area contributed by atoms with Crippen LogP contribution in [0.1, 0.15) is 41.7 Å². The van der Waals surface area contributed by atoms with Gasteiger partial charge in [-0.15, -0.1) is 12.3 Å². The summed E-state index contributed by atoms with van der Waals surface area (Å²) in [5, 5.41) is 10.8. The van der Waals surface area contributed by atoms with Crippen molar-refractivity contribution in [1.82, 2.24) is 10.3 Å². The van der Waals surface area contributed by atoms with Crippen LogP contribution in [0.3, 0.4) is 0 Å². The maximum Gasteiger partial charge on any atom is 0.267 e. The molecule has 7 nitrogen and oxygen atoms in total. The van der Waals surface area contributed by atoms with Gasteiger partial charge in [0, 0.05) is 38.4 Å². The molecule has 0 spiro atoms. The molecule has 0 aliphatic carbocycles. The van der Waals surface area contributed by atoms with Crippen molar-refractivity contribution < 1.29 is 9.59 Å². The zero-order valence-electron chi connectivity index (χ0n) is 12.1. The number of nitrogens with zero attached hydrogens (tertiary/aromatic N) is 3. The third-order valence-electron chi connectivity index (χ3n) is 3.37. The highest BCUT2D eigenvalue weighted by Gasteiger charge is 2.39. The van der Waals surface area contributed by atoms with Gasteiger partial charge in [0.05, 0.1) is 0 Å². The molecular formula is C15H17N5O2. The first kappa shape index (κ1) is 15.6. The molecule has 1 aliphatic heterocycles. The van der Waals surface area contributed by atoms with Gasteiger partial charge in [0.1, 0.15) is 5.69 Å². The second-order valence-electron chi connectivity index (χ2n) is 5.08. The molecule has 1 aliphatic rings. The minimum absolute atomic E-state index is 0.0867. The van der Waals surface area contributed by atoms with E-state index < -0.39 is 11.6 Å². The lowest BCUT2D eigenvalue weighted by molar-refractivity contribution is -0.121. The normalized spacial score (nSPS) is 14.1. The minimum atomic E-state index is -0.579. The molecule has 0 atom stereocenters. The van der Waals surface area contributed by atoms with Gasteiger partial charge in [-0.1, -0.05) is 6.07 Å². The Morgan fingerprint density at radius 2 is 2.09 bits per heavy atom. The van der Waals surface area contributed by atoms with E-state index in [1.165, 1.54) is 12.3 Å². The van der Waals surface area contributed by atoms with Gasteiger partial charge in [0.25, 0.3) is 5.91 Å². The second kappa shape index (κ2) is 6.80. The van der Waals surface area contributed by atoms with Crippen molar-refractivity contribution in [3.8, 4) is 12.3 Å². The number of pyridine rings is 1. The molecule has 2 heterocycles. The van der Waals surface area contributed by atoms with E-state index in [4.69, 9.17) is 12.2 Å². The fourth-order valence-electron chi connectivity index (χ4n) is 1.95. The highest BCUT2D eigenvalue weighted by atomic mass is 16.2. The average molecular weight is 299 g/mol. The predicted molar refractivity (Wildman–Crippen MR) is 79.5 cm³/mol. The molecule has 0 saturated carbocycles. The van der Waals surface area contributed by atoms with Crippen LogP contribution >= 0.6 is 0 Å². The lowest BCUT2D eigenvalue weighted by Gasteiger charge is -2.09. The summed E-state index contributed by atoms with van der Waals surface area (Å²) in [5.41, 5.74) is 5.66. The molecule has 2 rings (SSSR count). The topological polar surface area (TPSA) is 110 Å². The third kappa shape index (κ3) is 4.38. The number of amides is 2. The van der Waals surface area contributed by atoms with Crippen molar-refractivity contribution in [2.75, 3.05) is 0 Å². The molecule has 0 saturated heterocycles. The van der Waals surface area contributed by atoms with E-state index in [9.17, 15) is 9.59 Å². The largest absolute Gasteiger partial charge is 0.364 e. The van der Waals surface area contributed by atoms with E-state index in [0.717, 1.165) is 5.56 Å². The molecule has 1 aromatic rings. The van der Waals surface area contributed by atoms with Gasteiger partial charge in [-0.3, -0.25) is 14.6 Å². The number of rotatable bonds is 8. The van der Waals surface area contributed by atoms with Crippen LogP contribution in [-0.4, -0.2) is 22.5 Å². The van der Waals surface area contributed by atoms with Gasteiger partial charge in [-0.25, -0.2) is 0 Å². The zero-order chi connectivity index (χ0) is 16.0. The molecule has 7 heteroatoms. The van der Waals surface area contributed by atoms with Gasteiger partial charge >= 0.3 is 0 Å². The fraction of sp³-hybridized carbons (Fsp3) is 0.400. The summed E-state index contributed by atoms with van der Waals surface area (Å²) in [5.74, 6) is 1.88. The lowest BCUT2D eigenvalue weighted by atomic mass is 10.0. The van der Waals surface area contributed by atoms with E-state index in [1.54, 1.807) is 6.07 Å². The summed E-state index contributed by atoms with van der Waals surface area (Å²) in [4.78, 5) is 26.6. The number of nitrogens with two attached hydrogens (primary N) is 1. The minimum Gasteiger partial charge on any atom is -0.364 e. The Kier molecular flexibility index (Phi) is 4.84. The van der Waals surface area contributed by atoms with Crippen LogP contribution in [0.2, 0.25) is 0 Å². The Bertz CT molecular complexity index is 624. The number of nitrogens with one attached hydrogen (secondary N) is 1. The van der Waals surface area contributed by atoms with Crippen LogP contribution in [0.5, 0.6) is 0 Å². The van der Waals surface area contributed by atoms with Gasteiger partial charge < -0.3 is 11.1 Å². The van der Waals surface area contributed by atoms with Gasteiger partial charge in [-0.05, 0) is 11.6 Å². The molecule has 114 valence electrons. The number of hydrogen-bond donors (Lipinski definition) is 2. The average Bonchev–Trinajstić information content (AvgIpc) is 3.30. The van der Waals surface area contributed by atoms with Crippen molar-refractivity contribution in [3.63, 3.8) is 0 Å². The van der Waals surface area contributed by atoms with Crippen LogP contribution < -0.4 is 11.1 Å². The molecule has 2 amide bonds. The number of aromatic nitrogens is 1. The van der Waals surface area contributed by atoms with Crippen molar-refractivity contribution in [3.05, 3.63) is 29.6 Å². The predicted octanol–water partition coefficient (Wildman–Crippen LogP) is 1.15. The first-order valence-electron chi connectivity index (χ1n) is 6.94. The molecule has 0 radical (unpaired) electrons. The summed E-state index contributed by atoms with van der Waals surface area (Å²) in [7, 11) is 0. The van der Waals surface area contributed by atoms with Crippen molar-refractivity contribution >= 4 is 11.8 Å². The Morgan fingerprint density at radius 3 is 2.64 bits per heavy atom. The third-order valence-corrected chi connectivity index (χ3v) is 3.37. The van der Waals surface area contributed by atoms with E-state index in [1.807, 2.05) is 0 Å². The van der Waals surface area contributed by atoms with E-state index in [2.05, 4.69) is 26.4 Å². The summed E-state index contributed by atoms with van der Waals surface area (Å²) >= 11 is 0. The van der Waals surface area contributed by atoms with Crippen LogP contribution in [0.25, 0.3) is 0 Å². The van der Waals surface area contributed by atoms with Crippen molar-refractivity contribution in [1.29, 1.82) is 0 Å². The first-order chi connectivity index (χ1) is 10.5. The highest BCUT2D eigenvalue weighted by Crippen LogP contribution is 2.37. The van der Waals surface area contributed by atoms with E-state index >= 15 is 0 Å². The Labute approximate surface area is 128 Å². The van der Waals surface area contributed by atoms with E-state index in [0.29, 0.717) is 32.2 Å². The maximum absolute atomic E-state index is 11.8. The first-order valence-corrected chi connectivity index (χ1v) is 6.94. The Hall–Kier alpha value is -2.75. The molecule has 0 fully saturated rings. The SMILES string of the molecule is C#CCCC1(CCC(=O)NCc2ccc(C(N)=O)nc2)N=N1. The van der Waals surface area contributed by atoms with Crippen LogP contribution in [0, 0.1) is 12.3 Å². The molecule has 3 N–H and O–H groups in total. The molecule has 1 aromatic heterocycles. The molecule has 0 bridgehead atoms. The number of carbonyl (C=O) groups excluding carboxylic acids is 2. The monoisotopic (exact) mass is 299 g/mol. The highest BCUT2D eigenvalue weighted by molar-refractivity contribution is 5.90. The maximum atomic E-state index is 11.8. The van der Waals surface area contributed by atoms with Crippen LogP contribution in [0.4, 0.5) is 0 Å². The Balaban J connectivity index is 1.72. The van der Waals surface area contributed by atoms with Gasteiger partial charge in [0.2, 0.25) is 5.91 Å². The smallest absolute Gasteiger partial charge is 0.267 e. The van der Waals surface area contributed by atoms with Gasteiger partial charge in [0.15, 0.2) is 5.66 Å². The van der Waals surface area contributed by atoms with Crippen molar-refractivity contribution in [2.45, 2.75) is 37.9 Å². The molecule has 22 heavy (non-hydrogen) atoms. The molecular weight excluding hydrogens is 282 g/mol. The second-order valence-corrected chi connectivity index (χ2v) is 5.08. The molecule has 0 unspecified atom stereocenters. The number of hydrogen-bond acceptors (Lipinski definition) is 5. The van der Waals surface area contributed by atoms with Crippen LogP contribution in [-0.2, 0) is 11.3 Å². The fourth-order valence-corrected chi connectivity index (χ4v) is 1.95. The lowest BCUT2D eigenvalue weighted by Crippen LogP contribution is -2.25. The Morgan fingerprint density at radius 1 is 1.32 bits per heavy atom.